The quantitative estimate of drug-likeness (QED) is 0.165. The number of rotatable bonds is 6. The molecular weight excluding hydrogens is 723 g/mol. The molecule has 58 heavy (non-hydrogen) atoms. The molecule has 0 saturated heterocycles. The molecule has 12 aromatic rings. The average molecular weight is 758 g/mol. The first-order chi connectivity index (χ1) is 28.8. The summed E-state index contributed by atoms with van der Waals surface area (Å²) in [5, 5.41) is 7.61. The molecule has 3 nitrogen and oxygen atoms in total. The second-order valence-corrected chi connectivity index (χ2v) is 16.0. The Balaban J connectivity index is 1.03. The normalized spacial score (nSPS) is 11.8. The molecule has 0 spiro atoms. The van der Waals surface area contributed by atoms with Gasteiger partial charge >= 0.3 is 0 Å². The predicted octanol–water partition coefficient (Wildman–Crippen LogP) is 15.4. The van der Waals surface area contributed by atoms with Crippen LogP contribution in [0.25, 0.3) is 86.3 Å². The van der Waals surface area contributed by atoms with Gasteiger partial charge in [0, 0.05) is 70.2 Å². The third-order valence-electron chi connectivity index (χ3n) is 11.7. The number of para-hydroxylation sites is 4. The molecule has 0 N–H and O–H groups in total. The van der Waals surface area contributed by atoms with Crippen molar-refractivity contribution in [2.45, 2.75) is 0 Å². The smallest absolute Gasteiger partial charge is 0.0547 e. The van der Waals surface area contributed by atoms with E-state index in [-0.39, 0.29) is 0 Å². The van der Waals surface area contributed by atoms with Crippen molar-refractivity contribution in [1.82, 2.24) is 9.13 Å². The average Bonchev–Trinajstić information content (AvgIpc) is 3.95. The fourth-order valence-electron chi connectivity index (χ4n) is 9.25. The van der Waals surface area contributed by atoms with Gasteiger partial charge in [0.15, 0.2) is 0 Å². The molecule has 0 fully saturated rings. The maximum atomic E-state index is 2.43. The van der Waals surface area contributed by atoms with E-state index in [2.05, 4.69) is 226 Å². The van der Waals surface area contributed by atoms with E-state index < -0.39 is 0 Å². The second-order valence-electron chi connectivity index (χ2n) is 14.9. The maximum Gasteiger partial charge on any atom is 0.0547 e. The zero-order valence-electron chi connectivity index (χ0n) is 31.5. The van der Waals surface area contributed by atoms with E-state index in [1.807, 2.05) is 11.3 Å². The molecule has 0 aliphatic heterocycles. The van der Waals surface area contributed by atoms with Gasteiger partial charge in [0.2, 0.25) is 0 Å². The molecule has 0 atom stereocenters. The van der Waals surface area contributed by atoms with Crippen LogP contribution in [0.3, 0.4) is 0 Å². The lowest BCUT2D eigenvalue weighted by Crippen LogP contribution is -2.09. The van der Waals surface area contributed by atoms with E-state index >= 15 is 0 Å². The molecule has 0 aliphatic carbocycles. The van der Waals surface area contributed by atoms with Gasteiger partial charge in [0.1, 0.15) is 0 Å². The summed E-state index contributed by atoms with van der Waals surface area (Å²) < 4.78 is 7.45. The molecule has 12 rings (SSSR count). The minimum atomic E-state index is 1.11. The van der Waals surface area contributed by atoms with Gasteiger partial charge in [0.05, 0.1) is 22.1 Å². The topological polar surface area (TPSA) is 13.1 Å². The van der Waals surface area contributed by atoms with Crippen molar-refractivity contribution in [1.29, 1.82) is 0 Å². The predicted molar refractivity (Wildman–Crippen MR) is 248 cm³/mol. The van der Waals surface area contributed by atoms with Gasteiger partial charge in [-0.05, 0) is 108 Å². The molecule has 3 aromatic heterocycles. The summed E-state index contributed by atoms with van der Waals surface area (Å²) in [5.74, 6) is 0. The number of fused-ring (bicyclic) bond motifs is 9. The number of hydrogen-bond donors (Lipinski definition) is 0. The summed E-state index contributed by atoms with van der Waals surface area (Å²) in [7, 11) is 0. The molecule has 0 unspecified atom stereocenters. The lowest BCUT2D eigenvalue weighted by Gasteiger charge is -2.26. The summed E-state index contributed by atoms with van der Waals surface area (Å²) in [6.45, 7) is 0. The van der Waals surface area contributed by atoms with Gasteiger partial charge in [0.25, 0.3) is 0 Å². The molecule has 9 aromatic carbocycles. The standard InChI is InChI=1S/C54H35N3S/c1-3-15-36(16-4-1)55(40-33-34-52-46(35-40)41-19-9-12-28-51(41)58-52)38-29-31-39(32-30-38)57-48-25-11-8-21-45(48)54-43(23-14-27-50(54)57)42-22-13-26-49-53(42)44-20-7-10-24-47(44)56(49)37-17-5-2-6-18-37/h1-35H. The highest BCUT2D eigenvalue weighted by atomic mass is 32.1. The van der Waals surface area contributed by atoms with Gasteiger partial charge in [-0.2, -0.15) is 0 Å². The minimum Gasteiger partial charge on any atom is -0.310 e. The Bertz CT molecular complexity index is 3500. The molecule has 272 valence electrons. The Morgan fingerprint density at radius 2 is 0.776 bits per heavy atom. The Morgan fingerprint density at radius 1 is 0.310 bits per heavy atom. The lowest BCUT2D eigenvalue weighted by atomic mass is 9.95. The van der Waals surface area contributed by atoms with E-state index in [0.29, 0.717) is 0 Å². The van der Waals surface area contributed by atoms with Gasteiger partial charge in [-0.15, -0.1) is 11.3 Å². The number of anilines is 3. The second kappa shape index (κ2) is 13.1. The van der Waals surface area contributed by atoms with Crippen LogP contribution in [0.1, 0.15) is 0 Å². The van der Waals surface area contributed by atoms with E-state index in [0.717, 1.165) is 28.4 Å². The maximum absolute atomic E-state index is 2.43. The van der Waals surface area contributed by atoms with Crippen LogP contribution in [0.5, 0.6) is 0 Å². The third-order valence-corrected chi connectivity index (χ3v) is 12.9. The van der Waals surface area contributed by atoms with Crippen LogP contribution in [0.15, 0.2) is 212 Å². The zero-order valence-corrected chi connectivity index (χ0v) is 32.3. The van der Waals surface area contributed by atoms with Crippen LogP contribution in [0.4, 0.5) is 17.1 Å². The summed E-state index contributed by atoms with van der Waals surface area (Å²) >= 11 is 1.85. The highest BCUT2D eigenvalue weighted by molar-refractivity contribution is 7.25. The Labute approximate surface area is 339 Å². The SMILES string of the molecule is c1ccc(N(c2ccc(-n3c4ccccc4c4c(-c5cccc6c5c5ccccc5n6-c5ccccc5)cccc43)cc2)c2ccc3sc4ccccc4c3c2)cc1. The van der Waals surface area contributed by atoms with Gasteiger partial charge in [-0.3, -0.25) is 0 Å². The van der Waals surface area contributed by atoms with Gasteiger partial charge < -0.3 is 14.0 Å². The first-order valence-electron chi connectivity index (χ1n) is 19.8. The highest BCUT2D eigenvalue weighted by Gasteiger charge is 2.21. The van der Waals surface area contributed by atoms with E-state index in [4.69, 9.17) is 0 Å². The highest BCUT2D eigenvalue weighted by Crippen LogP contribution is 2.45. The van der Waals surface area contributed by atoms with Crippen molar-refractivity contribution >= 4 is 92.2 Å². The molecule has 0 bridgehead atoms. The van der Waals surface area contributed by atoms with E-state index in [9.17, 15) is 0 Å². The fourth-order valence-corrected chi connectivity index (χ4v) is 10.3. The molecule has 0 radical (unpaired) electrons. The fraction of sp³-hybridized carbons (Fsp3) is 0. The number of nitrogens with zero attached hydrogens (tertiary/aromatic N) is 3. The van der Waals surface area contributed by atoms with Crippen LogP contribution in [0, 0.1) is 0 Å². The van der Waals surface area contributed by atoms with Gasteiger partial charge in [-0.25, -0.2) is 0 Å². The summed E-state index contributed by atoms with van der Waals surface area (Å²) in [4.78, 5) is 2.37. The van der Waals surface area contributed by atoms with Crippen LogP contribution in [-0.2, 0) is 0 Å². The van der Waals surface area contributed by atoms with E-state index in [1.54, 1.807) is 0 Å². The molecule has 0 amide bonds. The molecule has 0 saturated carbocycles. The minimum absolute atomic E-state index is 1.11. The van der Waals surface area contributed by atoms with Crippen molar-refractivity contribution in [3.63, 3.8) is 0 Å². The van der Waals surface area contributed by atoms with Crippen molar-refractivity contribution in [3.8, 4) is 22.5 Å². The van der Waals surface area contributed by atoms with Crippen molar-refractivity contribution in [2.75, 3.05) is 4.90 Å². The van der Waals surface area contributed by atoms with Gasteiger partial charge in [-0.1, -0.05) is 115 Å². The number of benzene rings is 9. The van der Waals surface area contributed by atoms with E-state index in [1.165, 1.54) is 74.9 Å². The summed E-state index contributed by atoms with van der Waals surface area (Å²) in [6.07, 6.45) is 0. The first kappa shape index (κ1) is 32.8. The third kappa shape index (κ3) is 4.99. The largest absolute Gasteiger partial charge is 0.310 e. The summed E-state index contributed by atoms with van der Waals surface area (Å²) in [6, 6.07) is 77.3. The van der Waals surface area contributed by atoms with Crippen molar-refractivity contribution in [2.24, 2.45) is 0 Å². The monoisotopic (exact) mass is 757 g/mol. The Hall–Kier alpha value is -7.40. The first-order valence-corrected chi connectivity index (χ1v) is 20.6. The number of hydrogen-bond acceptors (Lipinski definition) is 2. The van der Waals surface area contributed by atoms with Crippen LogP contribution in [0.2, 0.25) is 0 Å². The van der Waals surface area contributed by atoms with Crippen LogP contribution in [-0.4, -0.2) is 9.13 Å². The van der Waals surface area contributed by atoms with Crippen molar-refractivity contribution in [3.05, 3.63) is 212 Å². The molecule has 4 heteroatoms. The van der Waals surface area contributed by atoms with Crippen LogP contribution >= 0.6 is 11.3 Å². The molecule has 3 heterocycles. The molecule has 0 aliphatic rings. The summed E-state index contributed by atoms with van der Waals surface area (Å²) in [5.41, 5.74) is 12.9. The Kier molecular flexibility index (Phi) is 7.40. The number of aromatic nitrogens is 2. The Morgan fingerprint density at radius 3 is 1.41 bits per heavy atom. The van der Waals surface area contributed by atoms with Crippen LogP contribution < -0.4 is 4.90 Å². The zero-order chi connectivity index (χ0) is 38.2. The van der Waals surface area contributed by atoms with Crippen molar-refractivity contribution < 1.29 is 0 Å². The number of thiophene rings is 1. The molecular formula is C54H35N3S. The lowest BCUT2D eigenvalue weighted by molar-refractivity contribution is 1.17.